The summed E-state index contributed by atoms with van der Waals surface area (Å²) < 4.78 is 1.19. The molecule has 1 saturated heterocycles. The monoisotopic (exact) mass is 254 g/mol. The fourth-order valence-electron chi connectivity index (χ4n) is 1.89. The first kappa shape index (κ1) is 12.5. The van der Waals surface area contributed by atoms with Crippen LogP contribution in [-0.4, -0.2) is 61.2 Å². The van der Waals surface area contributed by atoms with Crippen LogP contribution in [0.1, 0.15) is 23.3 Å². The van der Waals surface area contributed by atoms with Crippen molar-refractivity contribution in [1.82, 2.24) is 19.9 Å². The minimum absolute atomic E-state index is 0.0625. The van der Waals surface area contributed by atoms with Crippen molar-refractivity contribution in [3.05, 3.63) is 11.9 Å². The molecule has 0 saturated carbocycles. The molecule has 0 aromatic carbocycles. The largest absolute Gasteiger partial charge is 0.476 e. The third-order valence-corrected chi connectivity index (χ3v) is 2.80. The van der Waals surface area contributed by atoms with E-state index in [1.165, 1.54) is 10.9 Å². The summed E-state index contributed by atoms with van der Waals surface area (Å²) in [5.74, 6) is -1.38. The molecule has 1 amide bonds. The van der Waals surface area contributed by atoms with Gasteiger partial charge in [-0.15, -0.1) is 5.10 Å². The van der Waals surface area contributed by atoms with E-state index in [4.69, 9.17) is 5.11 Å². The van der Waals surface area contributed by atoms with Crippen LogP contribution >= 0.6 is 0 Å². The SMILES string of the molecule is O=C(O)c1cn(CC(=O)N2CCCC(O)C2)nn1. The molecule has 1 fully saturated rings. The third kappa shape index (κ3) is 2.83. The molecular weight excluding hydrogens is 240 g/mol. The van der Waals surface area contributed by atoms with Gasteiger partial charge < -0.3 is 15.1 Å². The minimum atomic E-state index is -1.18. The van der Waals surface area contributed by atoms with E-state index in [0.717, 1.165) is 6.42 Å². The number of hydrogen-bond donors (Lipinski definition) is 2. The molecule has 1 aliphatic rings. The summed E-state index contributed by atoms with van der Waals surface area (Å²) in [7, 11) is 0. The Bertz CT molecular complexity index is 458. The maximum Gasteiger partial charge on any atom is 0.358 e. The molecule has 98 valence electrons. The fraction of sp³-hybridized carbons (Fsp3) is 0.600. The Kier molecular flexibility index (Phi) is 3.56. The first-order chi connectivity index (χ1) is 8.56. The van der Waals surface area contributed by atoms with Gasteiger partial charge in [-0.05, 0) is 12.8 Å². The summed E-state index contributed by atoms with van der Waals surface area (Å²) in [5.41, 5.74) is -0.193. The van der Waals surface area contributed by atoms with Gasteiger partial charge in [0.1, 0.15) is 6.54 Å². The molecule has 8 heteroatoms. The summed E-state index contributed by atoms with van der Waals surface area (Å²) in [6.07, 6.45) is 2.20. The van der Waals surface area contributed by atoms with Crippen LogP contribution in [0.4, 0.5) is 0 Å². The van der Waals surface area contributed by atoms with Crippen LogP contribution in [0.2, 0.25) is 0 Å². The van der Waals surface area contributed by atoms with Gasteiger partial charge in [0.2, 0.25) is 5.91 Å². The van der Waals surface area contributed by atoms with Crippen LogP contribution in [0.15, 0.2) is 6.20 Å². The van der Waals surface area contributed by atoms with E-state index in [2.05, 4.69) is 10.3 Å². The number of aromatic nitrogens is 3. The average molecular weight is 254 g/mol. The van der Waals surface area contributed by atoms with E-state index in [1.807, 2.05) is 0 Å². The van der Waals surface area contributed by atoms with Crippen LogP contribution in [0, 0.1) is 0 Å². The van der Waals surface area contributed by atoms with Crippen molar-refractivity contribution in [1.29, 1.82) is 0 Å². The molecule has 1 unspecified atom stereocenters. The van der Waals surface area contributed by atoms with Gasteiger partial charge in [0.05, 0.1) is 12.3 Å². The number of aliphatic hydroxyl groups is 1. The number of rotatable bonds is 3. The van der Waals surface area contributed by atoms with Gasteiger partial charge in [0, 0.05) is 13.1 Å². The second kappa shape index (κ2) is 5.13. The number of carboxylic acid groups (broad SMARTS) is 1. The van der Waals surface area contributed by atoms with Crippen LogP contribution in [-0.2, 0) is 11.3 Å². The smallest absolute Gasteiger partial charge is 0.358 e. The molecule has 1 aliphatic heterocycles. The molecule has 0 bridgehead atoms. The number of nitrogens with zero attached hydrogens (tertiary/aromatic N) is 4. The van der Waals surface area contributed by atoms with Gasteiger partial charge in [-0.1, -0.05) is 5.21 Å². The Hall–Kier alpha value is -1.96. The highest BCUT2D eigenvalue weighted by atomic mass is 16.4. The summed E-state index contributed by atoms with van der Waals surface area (Å²) in [5, 5.41) is 25.1. The van der Waals surface area contributed by atoms with Crippen molar-refractivity contribution in [2.75, 3.05) is 13.1 Å². The first-order valence-electron chi connectivity index (χ1n) is 5.65. The molecule has 18 heavy (non-hydrogen) atoms. The molecule has 1 aromatic heterocycles. The van der Waals surface area contributed by atoms with E-state index in [-0.39, 0.29) is 18.1 Å². The lowest BCUT2D eigenvalue weighted by Crippen LogP contribution is -2.43. The number of carboxylic acids is 1. The van der Waals surface area contributed by atoms with Crippen molar-refractivity contribution in [2.24, 2.45) is 0 Å². The van der Waals surface area contributed by atoms with Crippen LogP contribution < -0.4 is 0 Å². The fourth-order valence-corrected chi connectivity index (χ4v) is 1.89. The number of likely N-dealkylation sites (tertiary alicyclic amines) is 1. The third-order valence-electron chi connectivity index (χ3n) is 2.80. The minimum Gasteiger partial charge on any atom is -0.476 e. The Morgan fingerprint density at radius 3 is 2.89 bits per heavy atom. The average Bonchev–Trinajstić information content (AvgIpc) is 2.77. The number of β-amino-alcohol motifs (C(OH)–C–C–N with tert-alkyl or cyclic N) is 1. The highest BCUT2D eigenvalue weighted by molar-refractivity contribution is 5.84. The van der Waals surface area contributed by atoms with Gasteiger partial charge in [0.15, 0.2) is 5.69 Å². The van der Waals surface area contributed by atoms with Crippen LogP contribution in [0.25, 0.3) is 0 Å². The molecule has 2 N–H and O–H groups in total. The first-order valence-corrected chi connectivity index (χ1v) is 5.65. The van der Waals surface area contributed by atoms with Gasteiger partial charge >= 0.3 is 5.97 Å². The van der Waals surface area contributed by atoms with Crippen molar-refractivity contribution in [2.45, 2.75) is 25.5 Å². The van der Waals surface area contributed by atoms with Gasteiger partial charge in [-0.25, -0.2) is 9.48 Å². The Labute approximate surface area is 103 Å². The molecule has 0 aliphatic carbocycles. The zero-order chi connectivity index (χ0) is 13.1. The Morgan fingerprint density at radius 2 is 2.28 bits per heavy atom. The molecule has 8 nitrogen and oxygen atoms in total. The van der Waals surface area contributed by atoms with Crippen molar-refractivity contribution < 1.29 is 19.8 Å². The molecular formula is C10H14N4O4. The Balaban J connectivity index is 1.95. The number of hydrogen-bond acceptors (Lipinski definition) is 5. The van der Waals surface area contributed by atoms with E-state index >= 15 is 0 Å². The summed E-state index contributed by atoms with van der Waals surface area (Å²) in [6, 6.07) is 0. The number of aliphatic hydroxyl groups excluding tert-OH is 1. The van der Waals surface area contributed by atoms with Crippen LogP contribution in [0.3, 0.4) is 0 Å². The normalized spacial score (nSPS) is 19.8. The van der Waals surface area contributed by atoms with Crippen molar-refractivity contribution in [3.8, 4) is 0 Å². The quantitative estimate of drug-likeness (QED) is 0.713. The standard InChI is InChI=1S/C10H14N4O4/c15-7-2-1-3-13(4-7)9(16)6-14-5-8(10(17)18)11-12-14/h5,7,15H,1-4,6H2,(H,17,18). The summed E-state index contributed by atoms with van der Waals surface area (Å²) >= 11 is 0. The molecule has 2 heterocycles. The molecule has 2 rings (SSSR count). The van der Waals surface area contributed by atoms with Gasteiger partial charge in [-0.3, -0.25) is 4.79 Å². The maximum atomic E-state index is 11.9. The molecule has 0 radical (unpaired) electrons. The predicted molar refractivity (Wildman–Crippen MR) is 58.8 cm³/mol. The number of piperidine rings is 1. The molecule has 0 spiro atoms. The maximum absolute atomic E-state index is 11.9. The summed E-state index contributed by atoms with van der Waals surface area (Å²) in [6.45, 7) is 0.864. The topological polar surface area (TPSA) is 109 Å². The molecule has 1 aromatic rings. The second-order valence-electron chi connectivity index (χ2n) is 4.24. The van der Waals surface area contributed by atoms with Gasteiger partial charge in [0.25, 0.3) is 0 Å². The lowest BCUT2D eigenvalue weighted by atomic mass is 10.1. The van der Waals surface area contributed by atoms with E-state index in [1.54, 1.807) is 4.90 Å². The number of amides is 1. The predicted octanol–water partition coefficient (Wildman–Crippen LogP) is -1.04. The number of carbonyl (C=O) groups excluding carboxylic acids is 1. The van der Waals surface area contributed by atoms with E-state index in [0.29, 0.717) is 19.5 Å². The highest BCUT2D eigenvalue weighted by Gasteiger charge is 2.22. The van der Waals surface area contributed by atoms with Crippen LogP contribution in [0.5, 0.6) is 0 Å². The second-order valence-corrected chi connectivity index (χ2v) is 4.24. The molecule has 1 atom stereocenters. The zero-order valence-corrected chi connectivity index (χ0v) is 9.69. The number of aromatic carboxylic acids is 1. The van der Waals surface area contributed by atoms with E-state index < -0.39 is 12.1 Å². The lowest BCUT2D eigenvalue weighted by Gasteiger charge is -2.29. The zero-order valence-electron chi connectivity index (χ0n) is 9.69. The summed E-state index contributed by atoms with van der Waals surface area (Å²) in [4.78, 5) is 24.0. The lowest BCUT2D eigenvalue weighted by molar-refractivity contribution is -0.135. The van der Waals surface area contributed by atoms with Gasteiger partial charge in [-0.2, -0.15) is 0 Å². The highest BCUT2D eigenvalue weighted by Crippen LogP contribution is 2.10. The Morgan fingerprint density at radius 1 is 1.50 bits per heavy atom. The van der Waals surface area contributed by atoms with Crippen molar-refractivity contribution >= 4 is 11.9 Å². The van der Waals surface area contributed by atoms with E-state index in [9.17, 15) is 14.7 Å². The van der Waals surface area contributed by atoms with Crippen molar-refractivity contribution in [3.63, 3.8) is 0 Å². The number of carbonyl (C=O) groups is 2.